The molecule has 0 amide bonds. The Morgan fingerprint density at radius 3 is 3.00 bits per heavy atom. The van der Waals surface area contributed by atoms with Crippen LogP contribution < -0.4 is 4.74 Å². The molecule has 5 heteroatoms. The van der Waals surface area contributed by atoms with Gasteiger partial charge in [-0.05, 0) is 12.1 Å². The van der Waals surface area contributed by atoms with Gasteiger partial charge in [-0.15, -0.1) is 0 Å². The van der Waals surface area contributed by atoms with Crippen LogP contribution in [0.2, 0.25) is 0 Å². The highest BCUT2D eigenvalue weighted by Gasteiger charge is 2.09. The molecule has 2 rings (SSSR count). The van der Waals surface area contributed by atoms with Gasteiger partial charge in [0.2, 0.25) is 5.82 Å². The van der Waals surface area contributed by atoms with E-state index in [1.165, 1.54) is 0 Å². The quantitative estimate of drug-likeness (QED) is 0.683. The highest BCUT2D eigenvalue weighted by molar-refractivity contribution is 5.77. The molecule has 14 heavy (non-hydrogen) atoms. The first-order chi connectivity index (χ1) is 6.76. The van der Waals surface area contributed by atoms with Crippen LogP contribution >= 0.6 is 0 Å². The fraction of sp³-hybridized carbons (Fsp3) is 0.111. The summed E-state index contributed by atoms with van der Waals surface area (Å²) in [6.07, 6.45) is 0. The van der Waals surface area contributed by atoms with Crippen molar-refractivity contribution in [2.24, 2.45) is 0 Å². The summed E-state index contributed by atoms with van der Waals surface area (Å²) in [5.74, 6) is 0.605. The molecule has 0 saturated heterocycles. The first-order valence-corrected chi connectivity index (χ1v) is 3.92. The Labute approximate surface area is 79.7 Å². The Morgan fingerprint density at radius 1 is 1.57 bits per heavy atom. The molecule has 0 aliphatic heterocycles. The van der Waals surface area contributed by atoms with E-state index >= 15 is 0 Å². The molecule has 0 bridgehead atoms. The SMILES string of the molecule is COc1ccc2c(c1)nc(C#N)n2O. The zero-order valence-electron chi connectivity index (χ0n) is 7.43. The van der Waals surface area contributed by atoms with Crippen molar-refractivity contribution in [1.29, 1.82) is 5.26 Å². The third-order valence-corrected chi connectivity index (χ3v) is 1.94. The molecular formula is C9H7N3O2. The van der Waals surface area contributed by atoms with Crippen LogP contribution in [0.5, 0.6) is 5.75 Å². The van der Waals surface area contributed by atoms with Gasteiger partial charge < -0.3 is 9.94 Å². The molecule has 0 saturated carbocycles. The molecule has 0 aliphatic rings. The van der Waals surface area contributed by atoms with E-state index in [4.69, 9.17) is 10.00 Å². The summed E-state index contributed by atoms with van der Waals surface area (Å²) >= 11 is 0. The highest BCUT2D eigenvalue weighted by Crippen LogP contribution is 2.20. The number of benzene rings is 1. The molecule has 0 fully saturated rings. The predicted molar refractivity (Wildman–Crippen MR) is 48.2 cm³/mol. The molecular weight excluding hydrogens is 182 g/mol. The fourth-order valence-corrected chi connectivity index (χ4v) is 1.25. The Balaban J connectivity index is 2.74. The van der Waals surface area contributed by atoms with Gasteiger partial charge in [0, 0.05) is 6.07 Å². The van der Waals surface area contributed by atoms with Crippen molar-refractivity contribution in [3.05, 3.63) is 24.0 Å². The zero-order valence-corrected chi connectivity index (χ0v) is 7.43. The van der Waals surface area contributed by atoms with E-state index in [0.717, 1.165) is 4.73 Å². The number of ether oxygens (including phenoxy) is 1. The summed E-state index contributed by atoms with van der Waals surface area (Å²) in [4.78, 5) is 3.91. The lowest BCUT2D eigenvalue weighted by atomic mass is 10.3. The molecule has 0 radical (unpaired) electrons. The average Bonchev–Trinajstić information content (AvgIpc) is 2.55. The first-order valence-electron chi connectivity index (χ1n) is 3.92. The van der Waals surface area contributed by atoms with E-state index in [0.29, 0.717) is 16.8 Å². The van der Waals surface area contributed by atoms with E-state index in [1.807, 2.05) is 0 Å². The number of rotatable bonds is 1. The summed E-state index contributed by atoms with van der Waals surface area (Å²) in [5.41, 5.74) is 1.02. The van der Waals surface area contributed by atoms with Crippen molar-refractivity contribution < 1.29 is 9.94 Å². The van der Waals surface area contributed by atoms with Gasteiger partial charge in [-0.3, -0.25) is 0 Å². The number of nitriles is 1. The summed E-state index contributed by atoms with van der Waals surface area (Å²) in [5, 5.41) is 18.1. The third-order valence-electron chi connectivity index (χ3n) is 1.94. The van der Waals surface area contributed by atoms with E-state index in [9.17, 15) is 5.21 Å². The van der Waals surface area contributed by atoms with E-state index < -0.39 is 0 Å². The summed E-state index contributed by atoms with van der Waals surface area (Å²) in [7, 11) is 1.54. The zero-order chi connectivity index (χ0) is 10.1. The van der Waals surface area contributed by atoms with Crippen molar-refractivity contribution in [1.82, 2.24) is 9.71 Å². The van der Waals surface area contributed by atoms with Gasteiger partial charge in [0.15, 0.2) is 0 Å². The molecule has 1 N–H and O–H groups in total. The molecule has 70 valence electrons. The Kier molecular flexibility index (Phi) is 1.75. The first kappa shape index (κ1) is 8.38. The number of hydrogen-bond acceptors (Lipinski definition) is 4. The van der Waals surface area contributed by atoms with Gasteiger partial charge in [0.25, 0.3) is 0 Å². The van der Waals surface area contributed by atoms with Crippen LogP contribution in [-0.4, -0.2) is 22.0 Å². The lowest BCUT2D eigenvalue weighted by molar-refractivity contribution is 0.195. The molecule has 1 aromatic heterocycles. The second-order valence-corrected chi connectivity index (χ2v) is 2.71. The minimum Gasteiger partial charge on any atom is -0.497 e. The highest BCUT2D eigenvalue weighted by atomic mass is 16.5. The second-order valence-electron chi connectivity index (χ2n) is 2.71. The Hall–Kier alpha value is -2.22. The van der Waals surface area contributed by atoms with Crippen LogP contribution in [0, 0.1) is 11.3 Å². The maximum atomic E-state index is 9.44. The van der Waals surface area contributed by atoms with Crippen LogP contribution in [-0.2, 0) is 0 Å². The molecule has 1 heterocycles. The van der Waals surface area contributed by atoms with Crippen molar-refractivity contribution in [2.75, 3.05) is 7.11 Å². The number of hydrogen-bond donors (Lipinski definition) is 1. The Morgan fingerprint density at radius 2 is 2.36 bits per heavy atom. The average molecular weight is 189 g/mol. The monoisotopic (exact) mass is 189 g/mol. The molecule has 2 aromatic rings. The van der Waals surface area contributed by atoms with Gasteiger partial charge in [-0.25, -0.2) is 4.98 Å². The predicted octanol–water partition coefficient (Wildman–Crippen LogP) is 1.15. The standard InChI is InChI=1S/C9H7N3O2/c1-14-6-2-3-8-7(4-6)11-9(5-10)12(8)13/h2-4,13H,1H3. The number of nitrogens with zero attached hydrogens (tertiary/aromatic N) is 3. The van der Waals surface area contributed by atoms with Crippen LogP contribution in [0.25, 0.3) is 11.0 Å². The third kappa shape index (κ3) is 1.05. The second kappa shape index (κ2) is 2.92. The number of aromatic nitrogens is 2. The summed E-state index contributed by atoms with van der Waals surface area (Å²) < 4.78 is 5.75. The van der Waals surface area contributed by atoms with Crippen LogP contribution in [0.15, 0.2) is 18.2 Å². The van der Waals surface area contributed by atoms with E-state index in [1.54, 1.807) is 31.4 Å². The van der Waals surface area contributed by atoms with Crippen molar-refractivity contribution >= 4 is 11.0 Å². The normalized spacial score (nSPS) is 10.0. The molecule has 0 unspecified atom stereocenters. The Bertz CT molecular complexity index is 525. The minimum atomic E-state index is -0.0340. The summed E-state index contributed by atoms with van der Waals surface area (Å²) in [6.45, 7) is 0. The van der Waals surface area contributed by atoms with Crippen LogP contribution in [0.1, 0.15) is 5.82 Å². The topological polar surface area (TPSA) is 71.1 Å². The molecule has 0 atom stereocenters. The van der Waals surface area contributed by atoms with Gasteiger partial charge in [0.1, 0.15) is 17.3 Å². The fourth-order valence-electron chi connectivity index (χ4n) is 1.25. The number of methoxy groups -OCH3 is 1. The van der Waals surface area contributed by atoms with Crippen molar-refractivity contribution in [3.63, 3.8) is 0 Å². The van der Waals surface area contributed by atoms with Crippen LogP contribution in [0.4, 0.5) is 0 Å². The maximum Gasteiger partial charge on any atom is 0.247 e. The molecule has 5 nitrogen and oxygen atoms in total. The molecule has 0 aliphatic carbocycles. The largest absolute Gasteiger partial charge is 0.497 e. The van der Waals surface area contributed by atoms with Gasteiger partial charge in [-0.2, -0.15) is 9.99 Å². The van der Waals surface area contributed by atoms with E-state index in [2.05, 4.69) is 4.98 Å². The van der Waals surface area contributed by atoms with Gasteiger partial charge in [-0.1, -0.05) is 0 Å². The van der Waals surface area contributed by atoms with Crippen LogP contribution in [0.3, 0.4) is 0 Å². The minimum absolute atomic E-state index is 0.0340. The van der Waals surface area contributed by atoms with Gasteiger partial charge in [0.05, 0.1) is 12.6 Å². The van der Waals surface area contributed by atoms with E-state index in [-0.39, 0.29) is 5.82 Å². The molecule has 0 spiro atoms. The number of imidazole rings is 1. The number of fused-ring (bicyclic) bond motifs is 1. The lowest BCUT2D eigenvalue weighted by Gasteiger charge is -1.97. The van der Waals surface area contributed by atoms with Crippen molar-refractivity contribution in [2.45, 2.75) is 0 Å². The smallest absolute Gasteiger partial charge is 0.247 e. The molecule has 1 aromatic carbocycles. The maximum absolute atomic E-state index is 9.44. The van der Waals surface area contributed by atoms with Crippen molar-refractivity contribution in [3.8, 4) is 11.8 Å². The van der Waals surface area contributed by atoms with Gasteiger partial charge >= 0.3 is 0 Å². The summed E-state index contributed by atoms with van der Waals surface area (Å²) in [6, 6.07) is 6.77. The lowest BCUT2D eigenvalue weighted by Crippen LogP contribution is -1.93.